The second kappa shape index (κ2) is 7.09. The van der Waals surface area contributed by atoms with E-state index in [1.54, 1.807) is 6.26 Å². The highest BCUT2D eigenvalue weighted by molar-refractivity contribution is 7.79. The minimum absolute atomic E-state index is 0.479. The van der Waals surface area contributed by atoms with Crippen molar-refractivity contribution in [2.75, 3.05) is 6.26 Å². The first-order chi connectivity index (χ1) is 6.61. The van der Waals surface area contributed by atoms with E-state index in [1.165, 1.54) is 19.3 Å². The minimum Gasteiger partial charge on any atom is -0.382 e. The molecule has 5 N–H and O–H groups in total. The maximum atomic E-state index is 10.5. The fraction of sp³-hybridized carbons (Fsp3) is 0.889. The van der Waals surface area contributed by atoms with Gasteiger partial charge in [0.2, 0.25) is 5.91 Å². The van der Waals surface area contributed by atoms with Crippen LogP contribution in [0.25, 0.3) is 0 Å². The normalized spacial score (nSPS) is 20.0. The van der Waals surface area contributed by atoms with Crippen molar-refractivity contribution in [3.63, 3.8) is 0 Å². The second-order valence-corrected chi connectivity index (χ2v) is 3.54. The summed E-state index contributed by atoms with van der Waals surface area (Å²) >= 11 is 3.53. The van der Waals surface area contributed by atoms with Gasteiger partial charge < -0.3 is 16.6 Å². The zero-order valence-corrected chi connectivity index (χ0v) is 9.41. The number of hydrogen-bond donors (Lipinski definition) is 4. The number of carbonyl (C=O) groups is 1. The predicted molar refractivity (Wildman–Crippen MR) is 60.0 cm³/mol. The molecule has 0 heterocycles. The molecule has 5 heteroatoms. The van der Waals surface area contributed by atoms with E-state index in [-0.39, 0.29) is 0 Å². The molecule has 0 aliphatic heterocycles. The number of carbonyl (C=O) groups excluding carboxylic acids is 1. The van der Waals surface area contributed by atoms with E-state index < -0.39 is 18.1 Å². The van der Waals surface area contributed by atoms with E-state index >= 15 is 0 Å². The zero-order valence-electron chi connectivity index (χ0n) is 8.52. The molecule has 0 bridgehead atoms. The largest absolute Gasteiger partial charge is 0.382 e. The molecule has 1 amide bonds. The Morgan fingerprint density at radius 1 is 1.57 bits per heavy atom. The van der Waals surface area contributed by atoms with E-state index in [0.717, 1.165) is 0 Å². The molecule has 0 aromatic carbocycles. The standard InChI is InChI=1S/C8H16N2O2.CH4S/c9-6(7(11)8(10)12)4-5-2-1-3-5;1-2/h5-7,11H,1-4,9H2,(H2,10,12);2H,1H3. The zero-order chi connectivity index (χ0) is 11.1. The molecule has 0 saturated heterocycles. The van der Waals surface area contributed by atoms with Gasteiger partial charge in [0.15, 0.2) is 0 Å². The summed E-state index contributed by atoms with van der Waals surface area (Å²) in [7, 11) is 0. The molecule has 1 aliphatic carbocycles. The van der Waals surface area contributed by atoms with Crippen LogP contribution in [0.4, 0.5) is 0 Å². The summed E-state index contributed by atoms with van der Waals surface area (Å²) in [4.78, 5) is 10.5. The number of rotatable bonds is 4. The summed E-state index contributed by atoms with van der Waals surface area (Å²) in [5.41, 5.74) is 10.5. The van der Waals surface area contributed by atoms with Crippen LogP contribution in [0.2, 0.25) is 0 Å². The van der Waals surface area contributed by atoms with E-state index in [4.69, 9.17) is 16.6 Å². The summed E-state index contributed by atoms with van der Waals surface area (Å²) in [6, 6.07) is -0.479. The van der Waals surface area contributed by atoms with Gasteiger partial charge in [0.05, 0.1) is 0 Å². The van der Waals surface area contributed by atoms with E-state index in [1.807, 2.05) is 0 Å². The Morgan fingerprint density at radius 2 is 2.07 bits per heavy atom. The molecule has 84 valence electrons. The molecule has 0 aromatic rings. The first kappa shape index (κ1) is 13.7. The molecular weight excluding hydrogens is 200 g/mol. The molecule has 2 atom stereocenters. The summed E-state index contributed by atoms with van der Waals surface area (Å²) in [5, 5.41) is 9.16. The number of thiol groups is 1. The van der Waals surface area contributed by atoms with Crippen molar-refractivity contribution in [2.24, 2.45) is 17.4 Å². The van der Waals surface area contributed by atoms with Gasteiger partial charge in [0.1, 0.15) is 6.10 Å². The average molecular weight is 220 g/mol. The van der Waals surface area contributed by atoms with Gasteiger partial charge in [-0.15, -0.1) is 0 Å². The summed E-state index contributed by atoms with van der Waals surface area (Å²) in [6.07, 6.45) is 4.80. The molecule has 0 spiro atoms. The van der Waals surface area contributed by atoms with Crippen molar-refractivity contribution in [1.29, 1.82) is 0 Å². The van der Waals surface area contributed by atoms with Gasteiger partial charge in [-0.1, -0.05) is 19.3 Å². The fourth-order valence-corrected chi connectivity index (χ4v) is 1.45. The van der Waals surface area contributed by atoms with Gasteiger partial charge in [0, 0.05) is 6.04 Å². The van der Waals surface area contributed by atoms with Crippen LogP contribution in [-0.2, 0) is 4.79 Å². The molecule has 0 aromatic heterocycles. The van der Waals surface area contributed by atoms with Gasteiger partial charge in [-0.05, 0) is 18.6 Å². The van der Waals surface area contributed by atoms with Gasteiger partial charge in [-0.25, -0.2) is 0 Å². The Hall–Kier alpha value is -0.260. The topological polar surface area (TPSA) is 89.3 Å². The smallest absolute Gasteiger partial charge is 0.247 e. The van der Waals surface area contributed by atoms with Crippen LogP contribution < -0.4 is 11.5 Å². The van der Waals surface area contributed by atoms with Crippen molar-refractivity contribution >= 4 is 18.5 Å². The summed E-state index contributed by atoms with van der Waals surface area (Å²) in [6.45, 7) is 0. The summed E-state index contributed by atoms with van der Waals surface area (Å²) in [5.74, 6) is -0.129. The maximum absolute atomic E-state index is 10.5. The monoisotopic (exact) mass is 220 g/mol. The van der Waals surface area contributed by atoms with Gasteiger partial charge in [0.25, 0.3) is 0 Å². The highest BCUT2D eigenvalue weighted by atomic mass is 32.1. The van der Waals surface area contributed by atoms with Crippen LogP contribution in [0.1, 0.15) is 25.7 Å². The first-order valence-electron chi connectivity index (χ1n) is 4.79. The molecule has 1 saturated carbocycles. The lowest BCUT2D eigenvalue weighted by Gasteiger charge is -2.29. The Bertz CT molecular complexity index is 174. The molecule has 2 unspecified atom stereocenters. The van der Waals surface area contributed by atoms with Crippen molar-refractivity contribution < 1.29 is 9.90 Å². The highest BCUT2D eigenvalue weighted by Crippen LogP contribution is 2.30. The lowest BCUT2D eigenvalue weighted by Crippen LogP contribution is -2.45. The SMILES string of the molecule is CS.NC(=O)C(O)C(N)CC1CCC1. The lowest BCUT2D eigenvalue weighted by atomic mass is 9.80. The van der Waals surface area contributed by atoms with E-state index in [0.29, 0.717) is 12.3 Å². The fourth-order valence-electron chi connectivity index (χ4n) is 1.45. The number of aliphatic hydroxyl groups excluding tert-OH is 1. The van der Waals surface area contributed by atoms with Crippen molar-refractivity contribution in [2.45, 2.75) is 37.8 Å². The third-order valence-corrected chi connectivity index (χ3v) is 2.53. The van der Waals surface area contributed by atoms with E-state index in [2.05, 4.69) is 12.6 Å². The average Bonchev–Trinajstić information content (AvgIpc) is 2.13. The number of hydrogen-bond acceptors (Lipinski definition) is 4. The highest BCUT2D eigenvalue weighted by Gasteiger charge is 2.26. The van der Waals surface area contributed by atoms with E-state index in [9.17, 15) is 4.79 Å². The maximum Gasteiger partial charge on any atom is 0.247 e. The first-order valence-corrected chi connectivity index (χ1v) is 5.68. The number of primary amides is 1. The molecule has 4 nitrogen and oxygen atoms in total. The minimum atomic E-state index is -1.18. The lowest BCUT2D eigenvalue weighted by molar-refractivity contribution is -0.127. The van der Waals surface area contributed by atoms with Crippen molar-refractivity contribution in [1.82, 2.24) is 0 Å². The van der Waals surface area contributed by atoms with Crippen LogP contribution in [0, 0.1) is 5.92 Å². The Kier molecular flexibility index (Phi) is 6.96. The second-order valence-electron chi connectivity index (χ2n) is 3.54. The van der Waals surface area contributed by atoms with Gasteiger partial charge in [-0.3, -0.25) is 4.79 Å². The Balaban J connectivity index is 0.000000791. The number of amides is 1. The third-order valence-electron chi connectivity index (χ3n) is 2.53. The molecular formula is C9H20N2O2S. The number of aliphatic hydroxyl groups is 1. The molecule has 1 aliphatic rings. The molecule has 14 heavy (non-hydrogen) atoms. The van der Waals surface area contributed by atoms with Gasteiger partial charge >= 0.3 is 0 Å². The molecule has 1 rings (SSSR count). The summed E-state index contributed by atoms with van der Waals surface area (Å²) < 4.78 is 0. The quantitative estimate of drug-likeness (QED) is 0.499. The van der Waals surface area contributed by atoms with Crippen LogP contribution in [-0.4, -0.2) is 29.4 Å². The Labute approximate surface area is 90.4 Å². The van der Waals surface area contributed by atoms with Crippen molar-refractivity contribution in [3.05, 3.63) is 0 Å². The van der Waals surface area contributed by atoms with Crippen LogP contribution >= 0.6 is 12.6 Å². The molecule has 1 fully saturated rings. The Morgan fingerprint density at radius 3 is 2.36 bits per heavy atom. The number of nitrogens with two attached hydrogens (primary N) is 2. The van der Waals surface area contributed by atoms with Crippen molar-refractivity contribution in [3.8, 4) is 0 Å². The van der Waals surface area contributed by atoms with Crippen LogP contribution in [0.15, 0.2) is 0 Å². The van der Waals surface area contributed by atoms with Crippen LogP contribution in [0.3, 0.4) is 0 Å². The molecule has 0 radical (unpaired) electrons. The predicted octanol–water partition coefficient (Wildman–Crippen LogP) is -0.104. The van der Waals surface area contributed by atoms with Crippen LogP contribution in [0.5, 0.6) is 0 Å². The van der Waals surface area contributed by atoms with Gasteiger partial charge in [-0.2, -0.15) is 12.6 Å². The third kappa shape index (κ3) is 4.30.